The highest BCUT2D eigenvalue weighted by molar-refractivity contribution is 5.80. The maximum absolute atomic E-state index is 3.80. The van der Waals surface area contributed by atoms with Gasteiger partial charge in [-0.15, -0.1) is 6.58 Å². The number of hydrogen-bond donors (Lipinski definition) is 1. The van der Waals surface area contributed by atoms with Crippen LogP contribution < -0.4 is 5.32 Å². The van der Waals surface area contributed by atoms with Crippen LogP contribution in [0.3, 0.4) is 0 Å². The van der Waals surface area contributed by atoms with Crippen molar-refractivity contribution in [2.75, 3.05) is 0 Å². The van der Waals surface area contributed by atoms with Crippen LogP contribution in [0.2, 0.25) is 0 Å². The fourth-order valence-electron chi connectivity index (χ4n) is 2.19. The molecule has 0 atom stereocenters. The summed E-state index contributed by atoms with van der Waals surface area (Å²) in [7, 11) is 0. The number of rotatable bonds is 5. The van der Waals surface area contributed by atoms with E-state index < -0.39 is 0 Å². The third-order valence-corrected chi connectivity index (χ3v) is 3.34. The summed E-state index contributed by atoms with van der Waals surface area (Å²) in [5, 5.41) is 4.86. The molecular formula is C15H18N2. The van der Waals surface area contributed by atoms with Crippen molar-refractivity contribution < 1.29 is 0 Å². The van der Waals surface area contributed by atoms with Crippen molar-refractivity contribution in [2.24, 2.45) is 0 Å². The van der Waals surface area contributed by atoms with E-state index >= 15 is 0 Å². The van der Waals surface area contributed by atoms with Crippen LogP contribution in [0.25, 0.3) is 10.9 Å². The van der Waals surface area contributed by atoms with E-state index in [-0.39, 0.29) is 0 Å². The standard InChI is InChI=1S/C15H18N2/c1-2-8-17-9-7-13-4-3-12(10-15(13)17)11-16-14-5-6-14/h2-4,7,9-10,14,16H,1,5-6,8,11H2. The van der Waals surface area contributed by atoms with E-state index in [9.17, 15) is 0 Å². The molecule has 0 saturated heterocycles. The normalized spacial score (nSPS) is 15.3. The van der Waals surface area contributed by atoms with Crippen LogP contribution in [-0.2, 0) is 13.1 Å². The Hall–Kier alpha value is -1.54. The smallest absolute Gasteiger partial charge is 0.0486 e. The molecule has 1 aliphatic carbocycles. The van der Waals surface area contributed by atoms with Gasteiger partial charge < -0.3 is 9.88 Å². The van der Waals surface area contributed by atoms with Gasteiger partial charge in [0.25, 0.3) is 0 Å². The van der Waals surface area contributed by atoms with Gasteiger partial charge in [-0.1, -0.05) is 18.2 Å². The Morgan fingerprint density at radius 3 is 3.00 bits per heavy atom. The molecule has 2 aromatic rings. The van der Waals surface area contributed by atoms with Gasteiger partial charge in [-0.2, -0.15) is 0 Å². The molecule has 1 aliphatic rings. The lowest BCUT2D eigenvalue weighted by atomic mass is 10.1. The predicted molar refractivity (Wildman–Crippen MR) is 72.0 cm³/mol. The van der Waals surface area contributed by atoms with E-state index in [1.165, 1.54) is 29.3 Å². The van der Waals surface area contributed by atoms with Crippen LogP contribution >= 0.6 is 0 Å². The fraction of sp³-hybridized carbons (Fsp3) is 0.333. The van der Waals surface area contributed by atoms with Crippen molar-refractivity contribution in [3.8, 4) is 0 Å². The number of nitrogens with zero attached hydrogens (tertiary/aromatic N) is 1. The molecule has 0 aliphatic heterocycles. The van der Waals surface area contributed by atoms with Gasteiger partial charge in [0, 0.05) is 30.8 Å². The maximum atomic E-state index is 3.80. The highest BCUT2D eigenvalue weighted by atomic mass is 15.0. The monoisotopic (exact) mass is 226 g/mol. The highest BCUT2D eigenvalue weighted by Crippen LogP contribution is 2.21. The average molecular weight is 226 g/mol. The third kappa shape index (κ3) is 2.27. The van der Waals surface area contributed by atoms with Crippen molar-refractivity contribution in [2.45, 2.75) is 32.0 Å². The zero-order chi connectivity index (χ0) is 11.7. The molecule has 2 nitrogen and oxygen atoms in total. The minimum atomic E-state index is 0.769. The van der Waals surface area contributed by atoms with Gasteiger partial charge in [0.2, 0.25) is 0 Å². The Balaban J connectivity index is 1.86. The number of allylic oxidation sites excluding steroid dienone is 1. The van der Waals surface area contributed by atoms with E-state index in [0.717, 1.165) is 19.1 Å². The lowest BCUT2D eigenvalue weighted by Gasteiger charge is -2.06. The Kier molecular flexibility index (Phi) is 2.73. The molecule has 88 valence electrons. The van der Waals surface area contributed by atoms with Gasteiger partial charge in [-0.25, -0.2) is 0 Å². The summed E-state index contributed by atoms with van der Waals surface area (Å²) in [5.74, 6) is 0. The minimum Gasteiger partial charge on any atom is -0.344 e. The molecule has 0 bridgehead atoms. The van der Waals surface area contributed by atoms with E-state index in [1.807, 2.05) is 6.08 Å². The quantitative estimate of drug-likeness (QED) is 0.775. The van der Waals surface area contributed by atoms with Crippen molar-refractivity contribution >= 4 is 10.9 Å². The van der Waals surface area contributed by atoms with Crippen molar-refractivity contribution in [1.82, 2.24) is 9.88 Å². The van der Waals surface area contributed by atoms with Gasteiger partial charge in [0.15, 0.2) is 0 Å². The minimum absolute atomic E-state index is 0.769. The first kappa shape index (κ1) is 10.6. The summed E-state index contributed by atoms with van der Waals surface area (Å²) in [5.41, 5.74) is 2.67. The Labute approximate surface area is 102 Å². The lowest BCUT2D eigenvalue weighted by Crippen LogP contribution is -2.15. The number of benzene rings is 1. The molecule has 0 radical (unpaired) electrons. The first-order chi connectivity index (χ1) is 8.36. The second-order valence-corrected chi connectivity index (χ2v) is 4.81. The number of nitrogens with one attached hydrogen (secondary N) is 1. The maximum Gasteiger partial charge on any atom is 0.0486 e. The van der Waals surface area contributed by atoms with E-state index in [1.54, 1.807) is 0 Å². The molecule has 3 rings (SSSR count). The molecular weight excluding hydrogens is 208 g/mol. The summed E-state index contributed by atoms with van der Waals surface area (Å²) in [6, 6.07) is 9.64. The zero-order valence-corrected chi connectivity index (χ0v) is 10.0. The van der Waals surface area contributed by atoms with Crippen LogP contribution in [0.15, 0.2) is 43.1 Å². The third-order valence-electron chi connectivity index (χ3n) is 3.34. The molecule has 0 amide bonds. The molecule has 1 heterocycles. The molecule has 0 unspecified atom stereocenters. The molecule has 2 heteroatoms. The Morgan fingerprint density at radius 2 is 2.24 bits per heavy atom. The van der Waals surface area contributed by atoms with Gasteiger partial charge in [-0.05, 0) is 35.9 Å². The Morgan fingerprint density at radius 1 is 1.35 bits per heavy atom. The van der Waals surface area contributed by atoms with Crippen LogP contribution in [0.5, 0.6) is 0 Å². The van der Waals surface area contributed by atoms with E-state index in [4.69, 9.17) is 0 Å². The molecule has 1 fully saturated rings. The Bertz CT molecular complexity index is 535. The van der Waals surface area contributed by atoms with Crippen LogP contribution in [0.1, 0.15) is 18.4 Å². The zero-order valence-electron chi connectivity index (χ0n) is 10.0. The second kappa shape index (κ2) is 4.38. The summed E-state index contributed by atoms with van der Waals surface area (Å²) in [4.78, 5) is 0. The van der Waals surface area contributed by atoms with Gasteiger partial charge in [-0.3, -0.25) is 0 Å². The van der Waals surface area contributed by atoms with Gasteiger partial charge >= 0.3 is 0 Å². The fourth-order valence-corrected chi connectivity index (χ4v) is 2.19. The van der Waals surface area contributed by atoms with Gasteiger partial charge in [0.1, 0.15) is 0 Å². The molecule has 1 aromatic carbocycles. The largest absolute Gasteiger partial charge is 0.344 e. The van der Waals surface area contributed by atoms with Gasteiger partial charge in [0.05, 0.1) is 0 Å². The number of fused-ring (bicyclic) bond motifs is 1. The van der Waals surface area contributed by atoms with Crippen molar-refractivity contribution in [3.05, 3.63) is 48.7 Å². The summed E-state index contributed by atoms with van der Waals surface area (Å²) in [6.45, 7) is 5.66. The summed E-state index contributed by atoms with van der Waals surface area (Å²) < 4.78 is 2.24. The molecule has 1 aromatic heterocycles. The number of hydrogen-bond acceptors (Lipinski definition) is 1. The topological polar surface area (TPSA) is 17.0 Å². The SMILES string of the molecule is C=CCn1ccc2ccc(CNC3CC3)cc21. The average Bonchev–Trinajstić information content (AvgIpc) is 3.10. The lowest BCUT2D eigenvalue weighted by molar-refractivity contribution is 0.688. The van der Waals surface area contributed by atoms with Crippen LogP contribution in [0, 0.1) is 0 Å². The van der Waals surface area contributed by atoms with E-state index in [0.29, 0.717) is 0 Å². The number of aromatic nitrogens is 1. The first-order valence-corrected chi connectivity index (χ1v) is 6.29. The van der Waals surface area contributed by atoms with E-state index in [2.05, 4.69) is 46.9 Å². The van der Waals surface area contributed by atoms with Crippen LogP contribution in [-0.4, -0.2) is 10.6 Å². The first-order valence-electron chi connectivity index (χ1n) is 6.29. The van der Waals surface area contributed by atoms with Crippen molar-refractivity contribution in [1.29, 1.82) is 0 Å². The summed E-state index contributed by atoms with van der Waals surface area (Å²) in [6.07, 6.45) is 6.75. The van der Waals surface area contributed by atoms with Crippen LogP contribution in [0.4, 0.5) is 0 Å². The molecule has 1 N–H and O–H groups in total. The predicted octanol–water partition coefficient (Wildman–Crippen LogP) is 3.08. The summed E-state index contributed by atoms with van der Waals surface area (Å²) >= 11 is 0. The van der Waals surface area contributed by atoms with Crippen molar-refractivity contribution in [3.63, 3.8) is 0 Å². The molecule has 1 saturated carbocycles. The highest BCUT2D eigenvalue weighted by Gasteiger charge is 2.19. The second-order valence-electron chi connectivity index (χ2n) is 4.81. The molecule has 0 spiro atoms. The molecule has 17 heavy (non-hydrogen) atoms.